The van der Waals surface area contributed by atoms with Gasteiger partial charge < -0.3 is 15.5 Å². The molecule has 2 atom stereocenters. The summed E-state index contributed by atoms with van der Waals surface area (Å²) in [4.78, 5) is 5.07. The smallest absolute Gasteiger partial charge is 0.0109 e. The second-order valence-electron chi connectivity index (χ2n) is 5.67. The Balaban J connectivity index is 1.61. The molecule has 0 aromatic heterocycles. The molecule has 2 rings (SSSR count). The molecule has 3 nitrogen and oxygen atoms in total. The first-order valence-electron chi connectivity index (χ1n) is 6.92. The molecular formula is C13H27N3. The fourth-order valence-corrected chi connectivity index (χ4v) is 3.10. The van der Waals surface area contributed by atoms with Gasteiger partial charge in [-0.3, -0.25) is 0 Å². The van der Waals surface area contributed by atoms with Crippen molar-refractivity contribution in [2.45, 2.75) is 38.1 Å². The fourth-order valence-electron chi connectivity index (χ4n) is 3.10. The van der Waals surface area contributed by atoms with Crippen LogP contribution in [0, 0.1) is 5.92 Å². The van der Waals surface area contributed by atoms with Crippen LogP contribution >= 0.6 is 0 Å². The molecule has 16 heavy (non-hydrogen) atoms. The van der Waals surface area contributed by atoms with Gasteiger partial charge >= 0.3 is 0 Å². The molecule has 2 aliphatic rings. The van der Waals surface area contributed by atoms with Crippen LogP contribution in [0.1, 0.15) is 32.1 Å². The highest BCUT2D eigenvalue weighted by molar-refractivity contribution is 4.82. The molecule has 0 radical (unpaired) electrons. The van der Waals surface area contributed by atoms with Crippen LogP contribution in [0.3, 0.4) is 0 Å². The van der Waals surface area contributed by atoms with Crippen molar-refractivity contribution in [2.24, 2.45) is 11.7 Å². The van der Waals surface area contributed by atoms with Crippen LogP contribution in [0.4, 0.5) is 0 Å². The number of hydrogen-bond donors (Lipinski definition) is 1. The molecule has 0 aromatic carbocycles. The highest BCUT2D eigenvalue weighted by atomic mass is 15.2. The third-order valence-corrected chi connectivity index (χ3v) is 4.26. The van der Waals surface area contributed by atoms with Crippen molar-refractivity contribution in [3.8, 4) is 0 Å². The van der Waals surface area contributed by atoms with E-state index in [1.54, 1.807) is 0 Å². The van der Waals surface area contributed by atoms with E-state index in [1.165, 1.54) is 64.8 Å². The third-order valence-electron chi connectivity index (χ3n) is 4.26. The van der Waals surface area contributed by atoms with E-state index in [4.69, 9.17) is 5.73 Å². The van der Waals surface area contributed by atoms with Gasteiger partial charge in [-0.25, -0.2) is 0 Å². The lowest BCUT2D eigenvalue weighted by atomic mass is 10.0. The maximum absolute atomic E-state index is 6.11. The standard InChI is InChI=1S/C13H27N3/c1-15(9-10-16-7-2-3-8-16)11-12-5-4-6-13(12)14/h12-13H,2-11,14H2,1H3. The molecule has 1 saturated carbocycles. The van der Waals surface area contributed by atoms with E-state index in [-0.39, 0.29) is 0 Å². The van der Waals surface area contributed by atoms with Gasteiger partial charge in [0, 0.05) is 25.7 Å². The number of rotatable bonds is 5. The summed E-state index contributed by atoms with van der Waals surface area (Å²) >= 11 is 0. The van der Waals surface area contributed by atoms with Gasteiger partial charge in [-0.05, 0) is 51.7 Å². The molecule has 1 aliphatic carbocycles. The molecule has 94 valence electrons. The number of nitrogens with zero attached hydrogens (tertiary/aromatic N) is 2. The van der Waals surface area contributed by atoms with Crippen molar-refractivity contribution >= 4 is 0 Å². The minimum atomic E-state index is 0.467. The number of nitrogens with two attached hydrogens (primary N) is 1. The Morgan fingerprint density at radius 2 is 1.94 bits per heavy atom. The highest BCUT2D eigenvalue weighted by Gasteiger charge is 2.24. The van der Waals surface area contributed by atoms with E-state index in [0.717, 1.165) is 5.92 Å². The van der Waals surface area contributed by atoms with E-state index in [1.807, 2.05) is 0 Å². The van der Waals surface area contributed by atoms with Crippen LogP contribution in [-0.2, 0) is 0 Å². The minimum Gasteiger partial charge on any atom is -0.327 e. The van der Waals surface area contributed by atoms with Crippen LogP contribution in [0.25, 0.3) is 0 Å². The molecule has 2 N–H and O–H groups in total. The second-order valence-corrected chi connectivity index (χ2v) is 5.67. The Kier molecular flexibility index (Phi) is 4.62. The Hall–Kier alpha value is -0.120. The SMILES string of the molecule is CN(CCN1CCCC1)CC1CCCC1N. The number of likely N-dealkylation sites (N-methyl/N-ethyl adjacent to an activating group) is 1. The molecule has 0 aromatic rings. The molecule has 3 heteroatoms. The van der Waals surface area contributed by atoms with Crippen molar-refractivity contribution in [2.75, 3.05) is 39.8 Å². The van der Waals surface area contributed by atoms with Gasteiger partial charge in [-0.2, -0.15) is 0 Å². The lowest BCUT2D eigenvalue weighted by Crippen LogP contribution is -2.38. The van der Waals surface area contributed by atoms with Crippen molar-refractivity contribution in [3.05, 3.63) is 0 Å². The van der Waals surface area contributed by atoms with Crippen LogP contribution in [0.15, 0.2) is 0 Å². The van der Waals surface area contributed by atoms with Crippen LogP contribution in [0.5, 0.6) is 0 Å². The summed E-state index contributed by atoms with van der Waals surface area (Å²) in [6.45, 7) is 6.30. The number of hydrogen-bond acceptors (Lipinski definition) is 3. The fraction of sp³-hybridized carbons (Fsp3) is 1.00. The Morgan fingerprint density at radius 1 is 1.19 bits per heavy atom. The molecule has 2 fully saturated rings. The largest absolute Gasteiger partial charge is 0.327 e. The zero-order valence-electron chi connectivity index (χ0n) is 10.7. The first kappa shape index (κ1) is 12.3. The summed E-state index contributed by atoms with van der Waals surface area (Å²) in [6.07, 6.45) is 6.72. The molecule has 0 bridgehead atoms. The summed E-state index contributed by atoms with van der Waals surface area (Å²) in [6, 6.07) is 0.467. The van der Waals surface area contributed by atoms with E-state index < -0.39 is 0 Å². The molecule has 1 heterocycles. The second kappa shape index (κ2) is 5.99. The van der Waals surface area contributed by atoms with Crippen molar-refractivity contribution in [3.63, 3.8) is 0 Å². The quantitative estimate of drug-likeness (QED) is 0.761. The highest BCUT2D eigenvalue weighted by Crippen LogP contribution is 2.24. The molecule has 0 spiro atoms. The monoisotopic (exact) mass is 225 g/mol. The average Bonchev–Trinajstić information content (AvgIpc) is 2.88. The van der Waals surface area contributed by atoms with Crippen LogP contribution in [-0.4, -0.2) is 55.6 Å². The first-order chi connectivity index (χ1) is 7.75. The van der Waals surface area contributed by atoms with Crippen molar-refractivity contribution < 1.29 is 0 Å². The lowest BCUT2D eigenvalue weighted by molar-refractivity contribution is 0.225. The van der Waals surface area contributed by atoms with Gasteiger partial charge in [0.2, 0.25) is 0 Å². The van der Waals surface area contributed by atoms with Gasteiger partial charge in [0.05, 0.1) is 0 Å². The van der Waals surface area contributed by atoms with Crippen molar-refractivity contribution in [1.82, 2.24) is 9.80 Å². The summed E-state index contributed by atoms with van der Waals surface area (Å²) in [5.41, 5.74) is 6.11. The molecule has 0 amide bonds. The maximum Gasteiger partial charge on any atom is 0.0109 e. The summed E-state index contributed by atoms with van der Waals surface area (Å²) in [5, 5.41) is 0. The summed E-state index contributed by atoms with van der Waals surface area (Å²) in [7, 11) is 2.25. The predicted molar refractivity (Wildman–Crippen MR) is 68.5 cm³/mol. The van der Waals surface area contributed by atoms with Crippen LogP contribution in [0.2, 0.25) is 0 Å². The predicted octanol–water partition coefficient (Wildman–Crippen LogP) is 1.14. The van der Waals surface area contributed by atoms with E-state index in [0.29, 0.717) is 6.04 Å². The van der Waals surface area contributed by atoms with E-state index >= 15 is 0 Å². The molecule has 1 saturated heterocycles. The van der Waals surface area contributed by atoms with Gasteiger partial charge in [-0.15, -0.1) is 0 Å². The molecule has 1 aliphatic heterocycles. The summed E-state index contributed by atoms with van der Waals surface area (Å²) < 4.78 is 0. The van der Waals surface area contributed by atoms with Crippen LogP contribution < -0.4 is 5.73 Å². The third kappa shape index (κ3) is 3.44. The summed E-state index contributed by atoms with van der Waals surface area (Å²) in [5.74, 6) is 0.753. The van der Waals surface area contributed by atoms with E-state index in [9.17, 15) is 0 Å². The number of likely N-dealkylation sites (tertiary alicyclic amines) is 1. The van der Waals surface area contributed by atoms with Gasteiger partial charge in [0.15, 0.2) is 0 Å². The zero-order valence-corrected chi connectivity index (χ0v) is 10.7. The van der Waals surface area contributed by atoms with Crippen molar-refractivity contribution in [1.29, 1.82) is 0 Å². The Bertz CT molecular complexity index is 201. The van der Waals surface area contributed by atoms with Gasteiger partial charge in [0.25, 0.3) is 0 Å². The minimum absolute atomic E-state index is 0.467. The zero-order chi connectivity index (χ0) is 11.4. The van der Waals surface area contributed by atoms with E-state index in [2.05, 4.69) is 16.8 Å². The van der Waals surface area contributed by atoms with Gasteiger partial charge in [0.1, 0.15) is 0 Å². The molecular weight excluding hydrogens is 198 g/mol. The molecule has 2 unspecified atom stereocenters. The van der Waals surface area contributed by atoms with Gasteiger partial charge in [-0.1, -0.05) is 6.42 Å². The lowest BCUT2D eigenvalue weighted by Gasteiger charge is -2.25. The topological polar surface area (TPSA) is 32.5 Å². The Morgan fingerprint density at radius 3 is 2.56 bits per heavy atom. The normalized spacial score (nSPS) is 31.7. The first-order valence-corrected chi connectivity index (χ1v) is 6.92. The maximum atomic E-state index is 6.11. The Labute approximate surface area is 100.0 Å². The average molecular weight is 225 g/mol.